The largest absolute Gasteiger partial charge is 0.351 e. The van der Waals surface area contributed by atoms with Gasteiger partial charge < -0.3 is 10.1 Å². The number of hydrogen-bond donors (Lipinski definition) is 1. The van der Waals surface area contributed by atoms with Crippen molar-refractivity contribution in [2.24, 2.45) is 0 Å². The number of nitrogens with one attached hydrogen (secondary N) is 1. The Morgan fingerprint density at radius 1 is 1.44 bits per heavy atom. The van der Waals surface area contributed by atoms with Crippen LogP contribution in [-0.2, 0) is 15.1 Å². The zero-order valence-corrected chi connectivity index (χ0v) is 10.5. The number of ether oxygens (including phenoxy) is 1. The maximum atomic E-state index is 12.3. The van der Waals surface area contributed by atoms with Crippen molar-refractivity contribution < 1.29 is 9.53 Å². The summed E-state index contributed by atoms with van der Waals surface area (Å²) in [5.41, 5.74) is 3.76. The molecule has 1 amide bonds. The van der Waals surface area contributed by atoms with Crippen LogP contribution in [0.3, 0.4) is 0 Å². The van der Waals surface area contributed by atoms with E-state index in [0.717, 1.165) is 28.0 Å². The molecule has 0 radical (unpaired) electrons. The van der Waals surface area contributed by atoms with Gasteiger partial charge in [0.25, 0.3) is 5.91 Å². The summed E-state index contributed by atoms with van der Waals surface area (Å²) < 4.78 is 5.88. The Hall–Kier alpha value is -1.87. The molecule has 2 aliphatic heterocycles. The normalized spacial score (nSPS) is 25.6. The molecule has 1 aromatic carbocycles. The molecule has 18 heavy (non-hydrogen) atoms. The molecule has 1 aromatic rings. The first kappa shape index (κ1) is 11.2. The molecule has 0 bridgehead atoms. The molecule has 1 atom stereocenters. The van der Waals surface area contributed by atoms with Gasteiger partial charge in [-0.25, -0.2) is 0 Å². The van der Waals surface area contributed by atoms with Crippen LogP contribution in [0, 0.1) is 0 Å². The second-order valence-electron chi connectivity index (χ2n) is 4.85. The summed E-state index contributed by atoms with van der Waals surface area (Å²) in [5.74, 6) is -0.0996. The predicted octanol–water partition coefficient (Wildman–Crippen LogP) is 2.76. The molecule has 2 heterocycles. The molecule has 0 aromatic heterocycles. The molecule has 3 nitrogen and oxygen atoms in total. The van der Waals surface area contributed by atoms with Gasteiger partial charge >= 0.3 is 0 Å². The van der Waals surface area contributed by atoms with Crippen LogP contribution in [0.2, 0.25) is 0 Å². The van der Waals surface area contributed by atoms with Gasteiger partial charge in [-0.05, 0) is 31.1 Å². The van der Waals surface area contributed by atoms with Crippen molar-refractivity contribution in [3.05, 3.63) is 53.1 Å². The number of carbonyl (C=O) groups is 1. The fraction of sp³-hybridized carbons (Fsp3) is 0.267. The monoisotopic (exact) mass is 241 g/mol. The summed E-state index contributed by atoms with van der Waals surface area (Å²) in [5, 5.41) is 2.89. The van der Waals surface area contributed by atoms with E-state index in [1.54, 1.807) is 0 Å². The lowest BCUT2D eigenvalue weighted by Gasteiger charge is -2.23. The molecule has 2 aliphatic rings. The van der Waals surface area contributed by atoms with E-state index in [2.05, 4.69) is 11.9 Å². The SMILES string of the molecule is C=C(C)C1=C(C)C2(OC1)C(=O)Nc1ccccc12. The summed E-state index contributed by atoms with van der Waals surface area (Å²) in [6, 6.07) is 7.68. The Bertz CT molecular complexity index is 600. The molecule has 0 saturated heterocycles. The first-order valence-electron chi connectivity index (χ1n) is 5.98. The first-order chi connectivity index (χ1) is 8.57. The average Bonchev–Trinajstić information content (AvgIpc) is 2.82. The number of hydrogen-bond acceptors (Lipinski definition) is 2. The lowest BCUT2D eigenvalue weighted by molar-refractivity contribution is -0.133. The molecule has 3 heteroatoms. The number of benzene rings is 1. The van der Waals surface area contributed by atoms with E-state index < -0.39 is 5.60 Å². The number of anilines is 1. The fourth-order valence-corrected chi connectivity index (χ4v) is 2.80. The standard InChI is InChI=1S/C15H15NO2/c1-9(2)11-8-18-15(10(11)3)12-6-4-5-7-13(12)16-14(15)17/h4-7H,1,8H2,2-3H3,(H,16,17). The zero-order valence-electron chi connectivity index (χ0n) is 10.5. The molecular formula is C15H15NO2. The van der Waals surface area contributed by atoms with Crippen molar-refractivity contribution in [3.63, 3.8) is 0 Å². The maximum Gasteiger partial charge on any atom is 0.265 e. The smallest absolute Gasteiger partial charge is 0.265 e. The van der Waals surface area contributed by atoms with Crippen LogP contribution < -0.4 is 5.32 Å². The van der Waals surface area contributed by atoms with E-state index in [1.807, 2.05) is 38.1 Å². The van der Waals surface area contributed by atoms with E-state index >= 15 is 0 Å². The van der Waals surface area contributed by atoms with Gasteiger partial charge in [0.1, 0.15) is 0 Å². The summed E-state index contributed by atoms with van der Waals surface area (Å²) >= 11 is 0. The summed E-state index contributed by atoms with van der Waals surface area (Å²) in [7, 11) is 0. The Kier molecular flexibility index (Phi) is 2.22. The van der Waals surface area contributed by atoms with Gasteiger partial charge in [0, 0.05) is 11.3 Å². The highest BCUT2D eigenvalue weighted by atomic mass is 16.5. The number of rotatable bonds is 1. The number of fused-ring (bicyclic) bond motifs is 2. The van der Waals surface area contributed by atoms with Gasteiger partial charge in [-0.3, -0.25) is 4.79 Å². The quantitative estimate of drug-likeness (QED) is 0.821. The van der Waals surface area contributed by atoms with E-state index in [-0.39, 0.29) is 5.91 Å². The Morgan fingerprint density at radius 2 is 2.17 bits per heavy atom. The predicted molar refractivity (Wildman–Crippen MR) is 70.2 cm³/mol. The van der Waals surface area contributed by atoms with E-state index in [4.69, 9.17) is 4.74 Å². The van der Waals surface area contributed by atoms with Crippen molar-refractivity contribution in [1.82, 2.24) is 0 Å². The van der Waals surface area contributed by atoms with Crippen molar-refractivity contribution in [2.75, 3.05) is 11.9 Å². The maximum absolute atomic E-state index is 12.3. The molecule has 0 fully saturated rings. The van der Waals surface area contributed by atoms with E-state index in [9.17, 15) is 4.79 Å². The van der Waals surface area contributed by atoms with Crippen LogP contribution in [0.4, 0.5) is 5.69 Å². The summed E-state index contributed by atoms with van der Waals surface area (Å²) in [6.07, 6.45) is 0. The van der Waals surface area contributed by atoms with Crippen LogP contribution in [-0.4, -0.2) is 12.5 Å². The molecule has 0 saturated carbocycles. The van der Waals surface area contributed by atoms with Gasteiger partial charge in [-0.1, -0.05) is 30.4 Å². The van der Waals surface area contributed by atoms with Gasteiger partial charge in [0.2, 0.25) is 0 Å². The molecule has 1 unspecified atom stereocenters. The van der Waals surface area contributed by atoms with Crippen LogP contribution in [0.25, 0.3) is 0 Å². The van der Waals surface area contributed by atoms with Crippen LogP contribution >= 0.6 is 0 Å². The van der Waals surface area contributed by atoms with Gasteiger partial charge in [-0.2, -0.15) is 0 Å². The third kappa shape index (κ3) is 1.20. The second-order valence-corrected chi connectivity index (χ2v) is 4.85. The van der Waals surface area contributed by atoms with Crippen molar-refractivity contribution >= 4 is 11.6 Å². The minimum absolute atomic E-state index is 0.0996. The number of carbonyl (C=O) groups excluding carboxylic acids is 1. The minimum atomic E-state index is -0.940. The van der Waals surface area contributed by atoms with Crippen molar-refractivity contribution in [1.29, 1.82) is 0 Å². The van der Waals surface area contributed by atoms with Gasteiger partial charge in [0.05, 0.1) is 6.61 Å². The number of para-hydroxylation sites is 1. The van der Waals surface area contributed by atoms with Crippen LogP contribution in [0.1, 0.15) is 19.4 Å². The Balaban J connectivity index is 2.24. The molecule has 92 valence electrons. The first-order valence-corrected chi connectivity index (χ1v) is 5.98. The van der Waals surface area contributed by atoms with Crippen molar-refractivity contribution in [3.8, 4) is 0 Å². The third-order valence-corrected chi connectivity index (χ3v) is 3.80. The number of amides is 1. The average molecular weight is 241 g/mol. The second kappa shape index (κ2) is 3.56. The van der Waals surface area contributed by atoms with Crippen LogP contribution in [0.15, 0.2) is 47.6 Å². The van der Waals surface area contributed by atoms with Gasteiger partial charge in [-0.15, -0.1) is 0 Å². The molecule has 3 rings (SSSR count). The fourth-order valence-electron chi connectivity index (χ4n) is 2.80. The van der Waals surface area contributed by atoms with Crippen molar-refractivity contribution in [2.45, 2.75) is 19.4 Å². The lowest BCUT2D eigenvalue weighted by atomic mass is 9.86. The Morgan fingerprint density at radius 3 is 2.83 bits per heavy atom. The molecule has 1 N–H and O–H groups in total. The topological polar surface area (TPSA) is 38.3 Å². The Labute approximate surface area is 106 Å². The highest BCUT2D eigenvalue weighted by Gasteiger charge is 2.53. The summed E-state index contributed by atoms with van der Waals surface area (Å²) in [6.45, 7) is 8.30. The third-order valence-electron chi connectivity index (χ3n) is 3.80. The van der Waals surface area contributed by atoms with Crippen LogP contribution in [0.5, 0.6) is 0 Å². The van der Waals surface area contributed by atoms with E-state index in [1.165, 1.54) is 0 Å². The highest BCUT2D eigenvalue weighted by molar-refractivity contribution is 6.07. The molecular weight excluding hydrogens is 226 g/mol. The highest BCUT2D eigenvalue weighted by Crippen LogP contribution is 2.48. The van der Waals surface area contributed by atoms with Gasteiger partial charge in [0.15, 0.2) is 5.60 Å². The lowest BCUT2D eigenvalue weighted by Crippen LogP contribution is -2.35. The zero-order chi connectivity index (χ0) is 12.9. The molecule has 1 spiro atoms. The minimum Gasteiger partial charge on any atom is -0.351 e. The molecule has 0 aliphatic carbocycles. The van der Waals surface area contributed by atoms with E-state index in [0.29, 0.717) is 6.61 Å². The summed E-state index contributed by atoms with van der Waals surface area (Å²) in [4.78, 5) is 12.3.